The molecule has 0 N–H and O–H groups in total. The molecule has 1 fully saturated rings. The van der Waals surface area contributed by atoms with Gasteiger partial charge in [0.05, 0.1) is 12.1 Å². The first-order valence-electron chi connectivity index (χ1n) is 8.79. The molecule has 0 radical (unpaired) electrons. The Balaban J connectivity index is 1.73. The van der Waals surface area contributed by atoms with Crippen molar-refractivity contribution in [2.45, 2.75) is 38.0 Å². The quantitative estimate of drug-likeness (QED) is 0.666. The maximum absolute atomic E-state index is 13.2. The number of rotatable bonds is 4. The second kappa shape index (κ2) is 8.60. The minimum absolute atomic E-state index is 0.0254. The fourth-order valence-electron chi connectivity index (χ4n) is 3.25. The molecule has 1 aliphatic heterocycles. The van der Waals surface area contributed by atoms with Gasteiger partial charge in [-0.2, -0.15) is 0 Å². The molecule has 4 nitrogen and oxygen atoms in total. The largest absolute Gasteiger partial charge is 0.522 e. The Morgan fingerprint density at radius 2 is 1.75 bits per heavy atom. The number of halogens is 4. The maximum atomic E-state index is 13.2. The van der Waals surface area contributed by atoms with Gasteiger partial charge in [0, 0.05) is 6.54 Å². The van der Waals surface area contributed by atoms with E-state index in [4.69, 9.17) is 4.74 Å². The van der Waals surface area contributed by atoms with E-state index in [0.717, 1.165) is 5.56 Å². The van der Waals surface area contributed by atoms with Gasteiger partial charge in [-0.15, -0.1) is 13.2 Å². The van der Waals surface area contributed by atoms with E-state index >= 15 is 0 Å². The van der Waals surface area contributed by atoms with Gasteiger partial charge in [0.15, 0.2) is 0 Å². The zero-order valence-electron chi connectivity index (χ0n) is 14.9. The Kier molecular flexibility index (Phi) is 6.18. The number of alkyl halides is 3. The Labute approximate surface area is 159 Å². The van der Waals surface area contributed by atoms with Crippen LogP contribution in [0.15, 0.2) is 54.6 Å². The molecule has 2 atom stereocenters. The number of nitrogens with zero attached hydrogens (tertiary/aromatic N) is 1. The highest BCUT2D eigenvalue weighted by atomic mass is 19.4. The lowest BCUT2D eigenvalue weighted by molar-refractivity contribution is -0.346. The summed E-state index contributed by atoms with van der Waals surface area (Å²) in [6, 6.07) is 13.7. The highest BCUT2D eigenvalue weighted by Gasteiger charge is 2.40. The minimum Gasteiger partial charge on any atom is -0.445 e. The molecule has 1 saturated heterocycles. The molecule has 3 rings (SSSR count). The number of piperidine rings is 1. The van der Waals surface area contributed by atoms with Gasteiger partial charge in [-0.3, -0.25) is 4.74 Å². The summed E-state index contributed by atoms with van der Waals surface area (Å²) in [6.07, 6.45) is -6.52. The second-order valence-electron chi connectivity index (χ2n) is 6.51. The highest BCUT2D eigenvalue weighted by molar-refractivity contribution is 5.68. The normalized spacial score (nSPS) is 20.1. The molecule has 150 valence electrons. The van der Waals surface area contributed by atoms with Crippen LogP contribution in [0.3, 0.4) is 0 Å². The van der Waals surface area contributed by atoms with Gasteiger partial charge in [0.2, 0.25) is 0 Å². The van der Waals surface area contributed by atoms with Gasteiger partial charge in [0.25, 0.3) is 0 Å². The van der Waals surface area contributed by atoms with Gasteiger partial charge >= 0.3 is 12.5 Å². The zero-order valence-corrected chi connectivity index (χ0v) is 14.9. The minimum atomic E-state index is -4.76. The molecule has 2 aromatic carbocycles. The molecule has 8 heteroatoms. The van der Waals surface area contributed by atoms with E-state index in [9.17, 15) is 22.4 Å². The Hall–Kier alpha value is -2.61. The number of hydrogen-bond donors (Lipinski definition) is 0. The number of ether oxygens (including phenoxy) is 2. The van der Waals surface area contributed by atoms with E-state index in [2.05, 4.69) is 4.74 Å². The molecule has 1 aliphatic rings. The van der Waals surface area contributed by atoms with Gasteiger partial charge in [-0.25, -0.2) is 9.18 Å². The molecule has 28 heavy (non-hydrogen) atoms. The summed E-state index contributed by atoms with van der Waals surface area (Å²) in [5.41, 5.74) is 1.32. The molecule has 0 aromatic heterocycles. The molecule has 0 saturated carbocycles. The monoisotopic (exact) mass is 397 g/mol. The molecule has 1 heterocycles. The van der Waals surface area contributed by atoms with Gasteiger partial charge in [-0.1, -0.05) is 42.5 Å². The molecular weight excluding hydrogens is 378 g/mol. The number of likely N-dealkylation sites (tertiary alicyclic amines) is 1. The first-order valence-corrected chi connectivity index (χ1v) is 8.79. The summed E-state index contributed by atoms with van der Waals surface area (Å²) in [5.74, 6) is -0.471. The van der Waals surface area contributed by atoms with Crippen molar-refractivity contribution in [3.8, 4) is 0 Å². The number of carbonyl (C=O) groups is 1. The third-order valence-electron chi connectivity index (χ3n) is 4.55. The van der Waals surface area contributed by atoms with Crippen LogP contribution < -0.4 is 0 Å². The average molecular weight is 397 g/mol. The Morgan fingerprint density at radius 3 is 2.39 bits per heavy atom. The summed E-state index contributed by atoms with van der Waals surface area (Å²) in [5, 5.41) is 0. The number of carbonyl (C=O) groups excluding carboxylic acids is 1. The van der Waals surface area contributed by atoms with Crippen molar-refractivity contribution in [3.05, 3.63) is 71.5 Å². The lowest BCUT2D eigenvalue weighted by Crippen LogP contribution is -2.44. The van der Waals surface area contributed by atoms with Gasteiger partial charge in [-0.05, 0) is 36.1 Å². The van der Waals surface area contributed by atoms with E-state index in [0.29, 0.717) is 5.56 Å². The number of amides is 1. The fraction of sp³-hybridized carbons (Fsp3) is 0.350. The van der Waals surface area contributed by atoms with Gasteiger partial charge < -0.3 is 9.64 Å². The van der Waals surface area contributed by atoms with Crippen LogP contribution in [0.4, 0.5) is 22.4 Å². The van der Waals surface area contributed by atoms with Crippen LogP contribution >= 0.6 is 0 Å². The van der Waals surface area contributed by atoms with Gasteiger partial charge in [0.1, 0.15) is 12.4 Å². The zero-order chi connectivity index (χ0) is 20.1. The molecule has 0 spiro atoms. The predicted octanol–water partition coefficient (Wildman–Crippen LogP) is 5.20. The molecule has 1 amide bonds. The van der Waals surface area contributed by atoms with E-state index in [-0.39, 0.29) is 26.0 Å². The molecular formula is C20H19F4NO3. The van der Waals surface area contributed by atoms with E-state index in [1.807, 2.05) is 18.2 Å². The van der Waals surface area contributed by atoms with Crippen molar-refractivity contribution in [2.24, 2.45) is 0 Å². The molecule has 2 unspecified atom stereocenters. The summed E-state index contributed by atoms with van der Waals surface area (Å²) < 4.78 is 60.6. The van der Waals surface area contributed by atoms with Crippen LogP contribution in [0, 0.1) is 5.82 Å². The van der Waals surface area contributed by atoms with E-state index in [1.54, 1.807) is 12.1 Å². The van der Waals surface area contributed by atoms with Crippen molar-refractivity contribution in [1.82, 2.24) is 4.90 Å². The van der Waals surface area contributed by atoms with Crippen LogP contribution in [-0.4, -0.2) is 30.0 Å². The lowest BCUT2D eigenvalue weighted by atomic mass is 9.93. The molecule has 0 aliphatic carbocycles. The smallest absolute Gasteiger partial charge is 0.445 e. The van der Waals surface area contributed by atoms with Crippen molar-refractivity contribution >= 4 is 6.09 Å². The first kappa shape index (κ1) is 20.1. The number of hydrogen-bond acceptors (Lipinski definition) is 3. The third-order valence-corrected chi connectivity index (χ3v) is 4.55. The SMILES string of the molecule is O=C(OCc1ccccc1)N1CCC(OC(F)(F)F)CC1c1ccc(F)cc1. The van der Waals surface area contributed by atoms with E-state index < -0.39 is 30.4 Å². The van der Waals surface area contributed by atoms with Crippen LogP contribution in [-0.2, 0) is 16.1 Å². The highest BCUT2D eigenvalue weighted by Crippen LogP contribution is 2.35. The lowest BCUT2D eigenvalue weighted by Gasteiger charge is -2.39. The third kappa shape index (κ3) is 5.45. The van der Waals surface area contributed by atoms with Crippen LogP contribution in [0.2, 0.25) is 0 Å². The predicted molar refractivity (Wildman–Crippen MR) is 92.6 cm³/mol. The average Bonchev–Trinajstić information content (AvgIpc) is 2.66. The Morgan fingerprint density at radius 1 is 1.07 bits per heavy atom. The van der Waals surface area contributed by atoms with Crippen molar-refractivity contribution in [3.63, 3.8) is 0 Å². The van der Waals surface area contributed by atoms with Crippen LogP contribution in [0.5, 0.6) is 0 Å². The standard InChI is InChI=1S/C20H19F4NO3/c21-16-8-6-15(7-9-16)18-12-17(28-20(22,23)24)10-11-25(18)19(26)27-13-14-4-2-1-3-5-14/h1-9,17-18H,10-13H2. The first-order chi connectivity index (χ1) is 13.3. The van der Waals surface area contributed by atoms with Crippen LogP contribution in [0.1, 0.15) is 30.0 Å². The molecule has 0 bridgehead atoms. The maximum Gasteiger partial charge on any atom is 0.522 e. The fourth-order valence-corrected chi connectivity index (χ4v) is 3.25. The topological polar surface area (TPSA) is 38.8 Å². The molecule has 2 aromatic rings. The van der Waals surface area contributed by atoms with E-state index in [1.165, 1.54) is 29.2 Å². The van der Waals surface area contributed by atoms with Crippen LogP contribution in [0.25, 0.3) is 0 Å². The summed E-state index contributed by atoms with van der Waals surface area (Å²) in [6.45, 7) is 0.0885. The van der Waals surface area contributed by atoms with Crippen molar-refractivity contribution in [2.75, 3.05) is 6.54 Å². The second-order valence-corrected chi connectivity index (χ2v) is 6.51. The summed E-state index contributed by atoms with van der Waals surface area (Å²) in [4.78, 5) is 13.9. The van der Waals surface area contributed by atoms with Crippen molar-refractivity contribution < 1.29 is 31.8 Å². The Bertz CT molecular complexity index is 780. The van der Waals surface area contributed by atoms with Crippen molar-refractivity contribution in [1.29, 1.82) is 0 Å². The summed E-state index contributed by atoms with van der Waals surface area (Å²) >= 11 is 0. The summed E-state index contributed by atoms with van der Waals surface area (Å²) in [7, 11) is 0. The number of benzene rings is 2.